The largest absolute Gasteiger partial charge is 0.179 e. The molecule has 0 amide bonds. The number of allylic oxidation sites excluding steroid dienone is 2. The molecule has 0 nitrogen and oxygen atoms in total. The van der Waals surface area contributed by atoms with E-state index in [1.54, 1.807) is 5.57 Å². The van der Waals surface area contributed by atoms with Crippen LogP contribution in [0.2, 0.25) is 0 Å². The molecular formula is C16H30S. The summed E-state index contributed by atoms with van der Waals surface area (Å²) >= 11 is 4.26. The van der Waals surface area contributed by atoms with Crippen LogP contribution in [0.4, 0.5) is 0 Å². The quantitative estimate of drug-likeness (QED) is 0.346. The van der Waals surface area contributed by atoms with E-state index < -0.39 is 0 Å². The second kappa shape index (κ2) is 8.24. The van der Waals surface area contributed by atoms with Crippen molar-refractivity contribution >= 4 is 12.6 Å². The maximum atomic E-state index is 4.26. The molecule has 0 saturated carbocycles. The average Bonchev–Trinajstić information content (AvgIpc) is 2.32. The minimum atomic E-state index is 0.864. The van der Waals surface area contributed by atoms with E-state index in [2.05, 4.69) is 39.5 Å². The lowest BCUT2D eigenvalue weighted by molar-refractivity contribution is 0.294. The van der Waals surface area contributed by atoms with Crippen molar-refractivity contribution in [2.24, 2.45) is 17.8 Å². The van der Waals surface area contributed by atoms with Crippen molar-refractivity contribution in [2.45, 2.75) is 65.7 Å². The topological polar surface area (TPSA) is 0 Å². The fourth-order valence-electron chi connectivity index (χ4n) is 3.07. The zero-order valence-electron chi connectivity index (χ0n) is 11.9. The summed E-state index contributed by atoms with van der Waals surface area (Å²) in [5.74, 6) is 3.70. The molecule has 1 aliphatic carbocycles. The highest BCUT2D eigenvalue weighted by Crippen LogP contribution is 2.35. The summed E-state index contributed by atoms with van der Waals surface area (Å²) in [6, 6.07) is 0. The summed E-state index contributed by atoms with van der Waals surface area (Å²) in [5.41, 5.74) is 1.66. The Balaban J connectivity index is 2.24. The molecule has 0 spiro atoms. The highest BCUT2D eigenvalue weighted by Gasteiger charge is 2.23. The minimum absolute atomic E-state index is 0.864. The van der Waals surface area contributed by atoms with Gasteiger partial charge in [-0.3, -0.25) is 0 Å². The molecule has 0 aromatic rings. The van der Waals surface area contributed by atoms with Crippen LogP contribution in [-0.2, 0) is 0 Å². The summed E-state index contributed by atoms with van der Waals surface area (Å²) in [4.78, 5) is 0. The van der Waals surface area contributed by atoms with E-state index in [0.29, 0.717) is 0 Å². The Morgan fingerprint density at radius 2 is 2.00 bits per heavy atom. The van der Waals surface area contributed by atoms with Gasteiger partial charge in [0.25, 0.3) is 0 Å². The number of unbranched alkanes of at least 4 members (excludes halogenated alkanes) is 3. The van der Waals surface area contributed by atoms with Gasteiger partial charge in [0.05, 0.1) is 0 Å². The molecule has 1 aliphatic rings. The summed E-state index contributed by atoms with van der Waals surface area (Å²) in [6.45, 7) is 7.20. The Hall–Kier alpha value is 0.0900. The molecule has 0 fully saturated rings. The van der Waals surface area contributed by atoms with E-state index >= 15 is 0 Å². The molecule has 0 radical (unpaired) electrons. The molecule has 100 valence electrons. The molecular weight excluding hydrogens is 224 g/mol. The molecule has 0 bridgehead atoms. The van der Waals surface area contributed by atoms with E-state index in [4.69, 9.17) is 0 Å². The van der Waals surface area contributed by atoms with Gasteiger partial charge in [-0.1, -0.05) is 51.2 Å². The van der Waals surface area contributed by atoms with Crippen LogP contribution >= 0.6 is 12.6 Å². The zero-order chi connectivity index (χ0) is 12.7. The summed E-state index contributed by atoms with van der Waals surface area (Å²) in [7, 11) is 0. The number of rotatable bonds is 7. The van der Waals surface area contributed by atoms with Crippen molar-refractivity contribution in [3.63, 3.8) is 0 Å². The van der Waals surface area contributed by atoms with E-state index in [-0.39, 0.29) is 0 Å². The average molecular weight is 254 g/mol. The molecule has 0 N–H and O–H groups in total. The second-order valence-corrected chi connectivity index (χ2v) is 6.48. The summed E-state index contributed by atoms with van der Waals surface area (Å²) in [6.07, 6.45) is 12.1. The third-order valence-electron chi connectivity index (χ3n) is 4.34. The highest BCUT2D eigenvalue weighted by atomic mass is 32.1. The van der Waals surface area contributed by atoms with Gasteiger partial charge in [0.1, 0.15) is 0 Å². The summed E-state index contributed by atoms with van der Waals surface area (Å²) < 4.78 is 0. The molecule has 0 aromatic carbocycles. The van der Waals surface area contributed by atoms with Gasteiger partial charge in [0.15, 0.2) is 0 Å². The standard InChI is InChI=1S/C16H30S/c1-13-9-10-15(3)16(12-13)14(2)8-6-4-5-7-11-17/h10,13-14,16-17H,4-9,11-12H2,1-3H3. The first-order valence-electron chi connectivity index (χ1n) is 7.42. The van der Waals surface area contributed by atoms with Crippen LogP contribution in [0, 0.1) is 17.8 Å². The van der Waals surface area contributed by atoms with Crippen molar-refractivity contribution in [3.05, 3.63) is 11.6 Å². The van der Waals surface area contributed by atoms with Gasteiger partial charge in [-0.2, -0.15) is 12.6 Å². The van der Waals surface area contributed by atoms with Gasteiger partial charge in [0, 0.05) is 0 Å². The Morgan fingerprint density at radius 1 is 1.29 bits per heavy atom. The van der Waals surface area contributed by atoms with E-state index in [1.165, 1.54) is 44.9 Å². The first-order valence-corrected chi connectivity index (χ1v) is 8.06. The maximum Gasteiger partial charge on any atom is -0.00979 e. The van der Waals surface area contributed by atoms with Crippen molar-refractivity contribution in [2.75, 3.05) is 5.75 Å². The fourth-order valence-corrected chi connectivity index (χ4v) is 3.29. The van der Waals surface area contributed by atoms with Crippen LogP contribution in [0.1, 0.15) is 65.7 Å². The van der Waals surface area contributed by atoms with Crippen LogP contribution in [0.15, 0.2) is 11.6 Å². The van der Waals surface area contributed by atoms with E-state index in [1.807, 2.05) is 0 Å². The third-order valence-corrected chi connectivity index (χ3v) is 4.65. The lowest BCUT2D eigenvalue weighted by Crippen LogP contribution is -2.19. The molecule has 0 saturated heterocycles. The Kier molecular flexibility index (Phi) is 7.34. The van der Waals surface area contributed by atoms with Gasteiger partial charge in [-0.25, -0.2) is 0 Å². The smallest absolute Gasteiger partial charge is 0.00979 e. The molecule has 3 unspecified atom stereocenters. The van der Waals surface area contributed by atoms with Gasteiger partial charge in [-0.15, -0.1) is 0 Å². The number of hydrogen-bond acceptors (Lipinski definition) is 1. The minimum Gasteiger partial charge on any atom is -0.179 e. The lowest BCUT2D eigenvalue weighted by Gasteiger charge is -2.31. The molecule has 3 atom stereocenters. The lowest BCUT2D eigenvalue weighted by atomic mass is 9.74. The van der Waals surface area contributed by atoms with Crippen LogP contribution < -0.4 is 0 Å². The predicted octanol–water partition coefficient (Wildman–Crippen LogP) is 5.50. The molecule has 0 heterocycles. The van der Waals surface area contributed by atoms with Gasteiger partial charge >= 0.3 is 0 Å². The van der Waals surface area contributed by atoms with Gasteiger partial charge < -0.3 is 0 Å². The molecule has 1 rings (SSSR count). The Morgan fingerprint density at radius 3 is 2.71 bits per heavy atom. The van der Waals surface area contributed by atoms with E-state index in [9.17, 15) is 0 Å². The normalized spacial score (nSPS) is 26.7. The van der Waals surface area contributed by atoms with Crippen molar-refractivity contribution in [1.82, 2.24) is 0 Å². The first kappa shape index (κ1) is 15.1. The Bertz CT molecular complexity index is 232. The van der Waals surface area contributed by atoms with Crippen LogP contribution in [0.3, 0.4) is 0 Å². The molecule has 0 aromatic heterocycles. The van der Waals surface area contributed by atoms with E-state index in [0.717, 1.165) is 23.5 Å². The third kappa shape index (κ3) is 5.50. The number of thiol groups is 1. The van der Waals surface area contributed by atoms with Crippen molar-refractivity contribution < 1.29 is 0 Å². The maximum absolute atomic E-state index is 4.26. The number of hydrogen-bond donors (Lipinski definition) is 1. The van der Waals surface area contributed by atoms with Gasteiger partial charge in [-0.05, 0) is 49.7 Å². The SMILES string of the molecule is CC1=CCC(C)CC1C(C)CCCCCCS. The molecule has 1 heteroatoms. The zero-order valence-corrected chi connectivity index (χ0v) is 12.8. The van der Waals surface area contributed by atoms with Crippen molar-refractivity contribution in [1.29, 1.82) is 0 Å². The Labute approximate surface area is 114 Å². The predicted molar refractivity (Wildman–Crippen MR) is 81.7 cm³/mol. The fraction of sp³-hybridized carbons (Fsp3) is 0.875. The molecule has 0 aliphatic heterocycles. The monoisotopic (exact) mass is 254 g/mol. The van der Waals surface area contributed by atoms with Crippen molar-refractivity contribution in [3.8, 4) is 0 Å². The molecule has 17 heavy (non-hydrogen) atoms. The first-order chi connectivity index (χ1) is 8.15. The summed E-state index contributed by atoms with van der Waals surface area (Å²) in [5, 5.41) is 0. The highest BCUT2D eigenvalue weighted by molar-refractivity contribution is 7.80. The van der Waals surface area contributed by atoms with Crippen LogP contribution in [0.25, 0.3) is 0 Å². The van der Waals surface area contributed by atoms with Crippen LogP contribution in [0.5, 0.6) is 0 Å². The second-order valence-electron chi connectivity index (χ2n) is 6.03. The van der Waals surface area contributed by atoms with Crippen LogP contribution in [-0.4, -0.2) is 5.75 Å². The van der Waals surface area contributed by atoms with Gasteiger partial charge in [0.2, 0.25) is 0 Å².